The Morgan fingerprint density at radius 1 is 0.971 bits per heavy atom. The molecule has 8 nitrogen and oxygen atoms in total. The Balaban J connectivity index is 1.40. The minimum atomic E-state index is -0.985. The van der Waals surface area contributed by atoms with Crippen LogP contribution in [0.2, 0.25) is 0 Å². The smallest absolute Gasteiger partial charge is 0.332 e. The van der Waals surface area contributed by atoms with Crippen molar-refractivity contribution < 1.29 is 9.59 Å². The van der Waals surface area contributed by atoms with E-state index >= 15 is 0 Å². The van der Waals surface area contributed by atoms with E-state index < -0.39 is 5.54 Å². The van der Waals surface area contributed by atoms with Gasteiger partial charge in [-0.25, -0.2) is 19.7 Å². The van der Waals surface area contributed by atoms with Gasteiger partial charge in [0, 0.05) is 36.6 Å². The summed E-state index contributed by atoms with van der Waals surface area (Å²) in [6.45, 7) is 9.03. The van der Waals surface area contributed by atoms with E-state index in [0.29, 0.717) is 17.3 Å². The number of fused-ring (bicyclic) bond motifs is 1. The number of amides is 3. The van der Waals surface area contributed by atoms with Crippen LogP contribution in [-0.4, -0.2) is 38.9 Å². The van der Waals surface area contributed by atoms with Crippen LogP contribution in [-0.2, 0) is 16.8 Å². The van der Waals surface area contributed by atoms with Crippen molar-refractivity contribution >= 4 is 34.9 Å². The van der Waals surface area contributed by atoms with Crippen LogP contribution >= 0.6 is 0 Å². The van der Waals surface area contributed by atoms with Gasteiger partial charge in [-0.15, -0.1) is 0 Å². The van der Waals surface area contributed by atoms with E-state index in [0.717, 1.165) is 17.8 Å². The summed E-state index contributed by atoms with van der Waals surface area (Å²) in [5.74, 6) is 1.06. The van der Waals surface area contributed by atoms with Crippen LogP contribution in [0.5, 0.6) is 0 Å². The van der Waals surface area contributed by atoms with Gasteiger partial charge in [0.2, 0.25) is 0 Å². The third kappa shape index (κ3) is 3.65. The minimum absolute atomic E-state index is 0.0144. The predicted octanol–water partition coefficient (Wildman–Crippen LogP) is 4.67. The van der Waals surface area contributed by atoms with Gasteiger partial charge in [-0.3, -0.25) is 4.79 Å². The number of nitrogens with one attached hydrogen (secondary N) is 2. The van der Waals surface area contributed by atoms with Gasteiger partial charge in [0.25, 0.3) is 5.91 Å². The summed E-state index contributed by atoms with van der Waals surface area (Å²) in [6.07, 6.45) is 3.38. The summed E-state index contributed by atoms with van der Waals surface area (Å²) < 4.78 is 0. The van der Waals surface area contributed by atoms with Gasteiger partial charge in [0.15, 0.2) is 0 Å². The molecule has 0 spiro atoms. The largest absolute Gasteiger partial charge is 0.384 e. The molecule has 0 saturated carbocycles. The summed E-state index contributed by atoms with van der Waals surface area (Å²) in [4.78, 5) is 38.4. The molecule has 2 aromatic heterocycles. The molecule has 34 heavy (non-hydrogen) atoms. The summed E-state index contributed by atoms with van der Waals surface area (Å²) in [5, 5.41) is 6.56. The van der Waals surface area contributed by atoms with Crippen LogP contribution in [0.3, 0.4) is 0 Å². The molecule has 2 N–H and O–H groups in total. The average molecular weight is 457 g/mol. The van der Waals surface area contributed by atoms with Gasteiger partial charge in [0.1, 0.15) is 17.2 Å². The van der Waals surface area contributed by atoms with E-state index in [4.69, 9.17) is 0 Å². The molecule has 8 heteroatoms. The van der Waals surface area contributed by atoms with Gasteiger partial charge in [-0.05, 0) is 61.4 Å². The number of aromatic nitrogens is 2. The van der Waals surface area contributed by atoms with E-state index in [1.165, 1.54) is 10.5 Å². The molecule has 174 valence electrons. The molecule has 4 heterocycles. The molecular weight excluding hydrogens is 428 g/mol. The number of urea groups is 1. The Kier molecular flexibility index (Phi) is 5.04. The first-order chi connectivity index (χ1) is 16.2. The predicted molar refractivity (Wildman–Crippen MR) is 132 cm³/mol. The molecule has 1 fully saturated rings. The number of rotatable bonds is 5. The van der Waals surface area contributed by atoms with Crippen LogP contribution in [0.4, 0.5) is 27.8 Å². The molecule has 5 rings (SSSR count). The second kappa shape index (κ2) is 7.83. The number of imide groups is 1. The Hall–Kier alpha value is -3.94. The van der Waals surface area contributed by atoms with Crippen LogP contribution in [0.1, 0.15) is 38.8 Å². The first-order valence-corrected chi connectivity index (χ1v) is 11.3. The topological polar surface area (TPSA) is 90.5 Å². The highest BCUT2D eigenvalue weighted by Gasteiger charge is 2.52. The molecular formula is C26H28N6O2. The molecule has 1 aromatic carbocycles. The van der Waals surface area contributed by atoms with E-state index in [1.807, 2.05) is 48.5 Å². The maximum atomic E-state index is 13.5. The zero-order valence-electron chi connectivity index (χ0n) is 19.8. The van der Waals surface area contributed by atoms with Gasteiger partial charge in [-0.2, -0.15) is 0 Å². The number of pyridine rings is 2. The van der Waals surface area contributed by atoms with Crippen molar-refractivity contribution in [2.45, 2.75) is 45.2 Å². The number of carbonyl (C=O) groups is 2. The zero-order valence-corrected chi connectivity index (χ0v) is 19.8. The van der Waals surface area contributed by atoms with E-state index in [2.05, 4.69) is 34.4 Å². The Bertz CT molecular complexity index is 1270. The molecule has 2 aliphatic rings. The molecule has 3 aromatic rings. The first-order valence-electron chi connectivity index (χ1n) is 11.3. The molecule has 0 bridgehead atoms. The highest BCUT2D eigenvalue weighted by Crippen LogP contribution is 2.40. The summed E-state index contributed by atoms with van der Waals surface area (Å²) in [5.41, 5.74) is 2.64. The quantitative estimate of drug-likeness (QED) is 0.542. The fourth-order valence-electron chi connectivity index (χ4n) is 4.54. The summed E-state index contributed by atoms with van der Waals surface area (Å²) >= 11 is 0. The zero-order chi connectivity index (χ0) is 24.1. The van der Waals surface area contributed by atoms with Gasteiger partial charge >= 0.3 is 6.03 Å². The number of hydrogen-bond donors (Lipinski definition) is 2. The molecule has 3 amide bonds. The van der Waals surface area contributed by atoms with E-state index in [9.17, 15) is 9.59 Å². The number of benzene rings is 1. The van der Waals surface area contributed by atoms with Crippen molar-refractivity contribution in [2.24, 2.45) is 0 Å². The fourth-order valence-corrected chi connectivity index (χ4v) is 4.54. The van der Waals surface area contributed by atoms with E-state index in [-0.39, 0.29) is 23.9 Å². The lowest BCUT2D eigenvalue weighted by Gasteiger charge is -2.27. The first kappa shape index (κ1) is 21.9. The Morgan fingerprint density at radius 2 is 1.76 bits per heavy atom. The van der Waals surface area contributed by atoms with Crippen LogP contribution < -0.4 is 15.5 Å². The monoisotopic (exact) mass is 456 g/mol. The minimum Gasteiger partial charge on any atom is -0.384 e. The van der Waals surface area contributed by atoms with Crippen molar-refractivity contribution in [3.8, 4) is 0 Å². The van der Waals surface area contributed by atoms with Crippen molar-refractivity contribution in [1.82, 2.24) is 14.9 Å². The van der Waals surface area contributed by atoms with Crippen molar-refractivity contribution in [3.63, 3.8) is 0 Å². The standard InChI is InChI=1S/C26H28N6O2/c1-25(2)16-29-20-14-18(8-9-19(20)25)32-23(33)26(3,4)31(24(32)34)15-17-10-12-28-22(13-17)30-21-7-5-6-11-27-21/h5-14,29H,15-16H2,1-4H3,(H,27,28,30). The number of carbonyl (C=O) groups excluding carboxylic acids is 2. The average Bonchev–Trinajstić information content (AvgIpc) is 3.20. The number of hydrogen-bond acceptors (Lipinski definition) is 6. The highest BCUT2D eigenvalue weighted by atomic mass is 16.2. The van der Waals surface area contributed by atoms with Crippen LogP contribution in [0, 0.1) is 0 Å². The molecule has 0 radical (unpaired) electrons. The number of anilines is 4. The van der Waals surface area contributed by atoms with E-state index in [1.54, 1.807) is 31.1 Å². The lowest BCUT2D eigenvalue weighted by Crippen LogP contribution is -2.43. The highest BCUT2D eigenvalue weighted by molar-refractivity contribution is 6.23. The maximum absolute atomic E-state index is 13.5. The second-order valence-electron chi connectivity index (χ2n) is 9.92. The fraction of sp³-hybridized carbons (Fsp3) is 0.308. The van der Waals surface area contributed by atoms with Gasteiger partial charge in [0.05, 0.1) is 5.69 Å². The third-order valence-corrected chi connectivity index (χ3v) is 6.62. The SMILES string of the molecule is CC1(C)CNc2cc(N3C(=O)N(Cc4ccnc(Nc5ccccn5)c4)C(C)(C)C3=O)ccc21. The second-order valence-corrected chi connectivity index (χ2v) is 9.92. The summed E-state index contributed by atoms with van der Waals surface area (Å²) in [6, 6.07) is 14.8. The lowest BCUT2D eigenvalue weighted by molar-refractivity contribution is -0.123. The lowest BCUT2D eigenvalue weighted by atomic mass is 9.87. The molecule has 0 atom stereocenters. The van der Waals surface area contributed by atoms with Crippen LogP contribution in [0.25, 0.3) is 0 Å². The third-order valence-electron chi connectivity index (χ3n) is 6.62. The molecule has 0 unspecified atom stereocenters. The maximum Gasteiger partial charge on any atom is 0.332 e. The van der Waals surface area contributed by atoms with Crippen molar-refractivity contribution in [1.29, 1.82) is 0 Å². The molecule has 1 saturated heterocycles. The normalized spacial score (nSPS) is 18.1. The number of nitrogens with zero attached hydrogens (tertiary/aromatic N) is 4. The Morgan fingerprint density at radius 3 is 2.53 bits per heavy atom. The molecule has 2 aliphatic heterocycles. The van der Waals surface area contributed by atoms with Crippen LogP contribution in [0.15, 0.2) is 60.9 Å². The Labute approximate surface area is 199 Å². The summed E-state index contributed by atoms with van der Waals surface area (Å²) in [7, 11) is 0. The van der Waals surface area contributed by atoms with Crippen molar-refractivity contribution in [3.05, 3.63) is 72.1 Å². The van der Waals surface area contributed by atoms with Gasteiger partial charge in [-0.1, -0.05) is 26.0 Å². The molecule has 0 aliphatic carbocycles. The van der Waals surface area contributed by atoms with Gasteiger partial charge < -0.3 is 15.5 Å². The van der Waals surface area contributed by atoms with Crippen molar-refractivity contribution in [2.75, 3.05) is 22.1 Å².